The van der Waals surface area contributed by atoms with Crippen molar-refractivity contribution < 1.29 is 9.90 Å². The Kier molecular flexibility index (Phi) is 4.06. The lowest BCUT2D eigenvalue weighted by molar-refractivity contribution is -0.138. The van der Waals surface area contributed by atoms with Gasteiger partial charge in [-0.25, -0.2) is 0 Å². The monoisotopic (exact) mass is 174 g/mol. The number of nitrogens with one attached hydrogen (secondary N) is 1. The topological polar surface area (TPSA) is 116 Å². The average molecular weight is 174 g/mol. The first-order valence-electron chi connectivity index (χ1n) is 3.48. The molecule has 70 valence electrons. The highest BCUT2D eigenvalue weighted by atomic mass is 16.4. The average Bonchev–Trinajstić information content (AvgIpc) is 1.98. The van der Waals surface area contributed by atoms with E-state index in [1.54, 1.807) is 7.05 Å². The van der Waals surface area contributed by atoms with E-state index in [0.29, 0.717) is 6.54 Å². The zero-order valence-corrected chi connectivity index (χ0v) is 6.95. The lowest BCUT2D eigenvalue weighted by Gasteiger charge is -2.17. The Morgan fingerprint density at radius 3 is 2.58 bits per heavy atom. The minimum Gasteiger partial charge on any atom is -0.480 e. The molecule has 0 saturated carbocycles. The van der Waals surface area contributed by atoms with Gasteiger partial charge in [0.2, 0.25) is 0 Å². The number of hydrogen-bond acceptors (Lipinski definition) is 3. The molecule has 0 aliphatic heterocycles. The molecule has 1 atom stereocenters. The molecule has 6 N–H and O–H groups in total. The first-order valence-corrected chi connectivity index (χ1v) is 3.48. The third-order valence-corrected chi connectivity index (χ3v) is 1.50. The number of aliphatic carboxylic acids is 1. The number of carboxylic acid groups (broad SMARTS) is 1. The van der Waals surface area contributed by atoms with Gasteiger partial charge in [0.15, 0.2) is 5.96 Å². The Balaban J connectivity index is 3.68. The van der Waals surface area contributed by atoms with Gasteiger partial charge in [0.25, 0.3) is 0 Å². The van der Waals surface area contributed by atoms with E-state index in [1.807, 2.05) is 0 Å². The van der Waals surface area contributed by atoms with Crippen LogP contribution in [0.3, 0.4) is 0 Å². The van der Waals surface area contributed by atoms with Crippen molar-refractivity contribution in [1.82, 2.24) is 4.90 Å². The fourth-order valence-corrected chi connectivity index (χ4v) is 0.577. The molecule has 0 saturated heterocycles. The lowest BCUT2D eigenvalue weighted by atomic mass is 10.2. The number of guanidine groups is 1. The maximum absolute atomic E-state index is 10.3. The highest BCUT2D eigenvalue weighted by Crippen LogP contribution is 1.91. The predicted molar refractivity (Wildman–Crippen MR) is 44.8 cm³/mol. The van der Waals surface area contributed by atoms with Crippen molar-refractivity contribution in [3.05, 3.63) is 0 Å². The van der Waals surface area contributed by atoms with Crippen molar-refractivity contribution in [2.24, 2.45) is 11.5 Å². The molecule has 0 unspecified atom stereocenters. The van der Waals surface area contributed by atoms with Crippen LogP contribution in [0.15, 0.2) is 0 Å². The molecule has 12 heavy (non-hydrogen) atoms. The van der Waals surface area contributed by atoms with Gasteiger partial charge in [0, 0.05) is 13.6 Å². The fraction of sp³-hybridized carbons (Fsp3) is 0.667. The number of carboxylic acids is 1. The summed E-state index contributed by atoms with van der Waals surface area (Å²) < 4.78 is 0. The first-order chi connectivity index (χ1) is 5.45. The van der Waals surface area contributed by atoms with Gasteiger partial charge >= 0.3 is 5.97 Å². The molecule has 0 amide bonds. The normalized spacial score (nSPS) is 12.2. The van der Waals surface area contributed by atoms with Crippen LogP contribution in [0.5, 0.6) is 0 Å². The molecule has 6 nitrogen and oxygen atoms in total. The second-order valence-corrected chi connectivity index (χ2v) is 2.54. The van der Waals surface area contributed by atoms with Crippen LogP contribution >= 0.6 is 0 Å². The number of hydrogen-bond donors (Lipinski definition) is 4. The summed E-state index contributed by atoms with van der Waals surface area (Å²) in [5.41, 5.74) is 10.3. The second kappa shape index (κ2) is 4.55. The summed E-state index contributed by atoms with van der Waals surface area (Å²) in [5.74, 6) is -1.13. The molecule has 0 radical (unpaired) electrons. The molecule has 0 spiro atoms. The van der Waals surface area contributed by atoms with Crippen molar-refractivity contribution in [1.29, 1.82) is 5.41 Å². The molecule has 0 aliphatic carbocycles. The van der Waals surface area contributed by atoms with Crippen LogP contribution in [0.2, 0.25) is 0 Å². The quantitative estimate of drug-likeness (QED) is 0.309. The molecule has 0 fully saturated rings. The van der Waals surface area contributed by atoms with Gasteiger partial charge in [-0.05, 0) is 6.42 Å². The summed E-state index contributed by atoms with van der Waals surface area (Å²) in [4.78, 5) is 11.7. The molecule has 0 aromatic rings. The summed E-state index contributed by atoms with van der Waals surface area (Å²) in [7, 11) is 1.61. The van der Waals surface area contributed by atoms with Gasteiger partial charge in [-0.3, -0.25) is 10.2 Å². The van der Waals surface area contributed by atoms with Gasteiger partial charge in [0.05, 0.1) is 0 Å². The van der Waals surface area contributed by atoms with Gasteiger partial charge in [-0.1, -0.05) is 0 Å². The lowest BCUT2D eigenvalue weighted by Crippen LogP contribution is -2.38. The van der Waals surface area contributed by atoms with Crippen molar-refractivity contribution in [3.8, 4) is 0 Å². The molecule has 0 aromatic heterocycles. The van der Waals surface area contributed by atoms with Crippen LogP contribution in [-0.2, 0) is 4.79 Å². The second-order valence-electron chi connectivity index (χ2n) is 2.54. The highest BCUT2D eigenvalue weighted by molar-refractivity contribution is 5.75. The minimum atomic E-state index is -1.04. The molecule has 6 heteroatoms. The summed E-state index contributed by atoms with van der Waals surface area (Å²) in [6.07, 6.45) is 0.283. The van der Waals surface area contributed by atoms with Crippen LogP contribution in [-0.4, -0.2) is 41.6 Å². The third-order valence-electron chi connectivity index (χ3n) is 1.50. The maximum atomic E-state index is 10.3. The minimum absolute atomic E-state index is 0.0902. The summed E-state index contributed by atoms with van der Waals surface area (Å²) in [6.45, 7) is 0.378. The number of rotatable bonds is 4. The van der Waals surface area contributed by atoms with Crippen molar-refractivity contribution >= 4 is 11.9 Å². The number of nitrogens with zero attached hydrogens (tertiary/aromatic N) is 1. The van der Waals surface area contributed by atoms with E-state index >= 15 is 0 Å². The number of carbonyl (C=O) groups is 1. The predicted octanol–water partition coefficient (Wildman–Crippen LogP) is -1.39. The Hall–Kier alpha value is -1.30. The van der Waals surface area contributed by atoms with Crippen LogP contribution < -0.4 is 11.5 Å². The van der Waals surface area contributed by atoms with Crippen LogP contribution in [0.1, 0.15) is 6.42 Å². The molecule has 0 bridgehead atoms. The van der Waals surface area contributed by atoms with Crippen LogP contribution in [0, 0.1) is 5.41 Å². The molecule has 0 aromatic carbocycles. The Morgan fingerprint density at radius 2 is 2.25 bits per heavy atom. The Labute approximate surface area is 70.6 Å². The van der Waals surface area contributed by atoms with E-state index in [-0.39, 0.29) is 12.4 Å². The van der Waals surface area contributed by atoms with Gasteiger partial charge in [-0.2, -0.15) is 0 Å². The van der Waals surface area contributed by atoms with Crippen molar-refractivity contribution in [3.63, 3.8) is 0 Å². The molecule has 0 rings (SSSR count). The maximum Gasteiger partial charge on any atom is 0.320 e. The van der Waals surface area contributed by atoms with Crippen molar-refractivity contribution in [2.45, 2.75) is 12.5 Å². The molecule has 0 aliphatic rings. The van der Waals surface area contributed by atoms with E-state index in [0.717, 1.165) is 0 Å². The molecule has 0 heterocycles. The molecular formula is C6H14N4O2. The van der Waals surface area contributed by atoms with E-state index in [4.69, 9.17) is 22.0 Å². The van der Waals surface area contributed by atoms with E-state index in [9.17, 15) is 4.79 Å². The summed E-state index contributed by atoms with van der Waals surface area (Å²) in [6, 6.07) is -0.883. The third kappa shape index (κ3) is 3.77. The molecular weight excluding hydrogens is 160 g/mol. The van der Waals surface area contributed by atoms with Crippen LogP contribution in [0.4, 0.5) is 0 Å². The fourth-order valence-electron chi connectivity index (χ4n) is 0.577. The zero-order valence-electron chi connectivity index (χ0n) is 6.95. The number of nitrogens with two attached hydrogens (primary N) is 2. The Morgan fingerprint density at radius 1 is 1.75 bits per heavy atom. The van der Waals surface area contributed by atoms with Crippen molar-refractivity contribution in [2.75, 3.05) is 13.6 Å². The van der Waals surface area contributed by atoms with Crippen LogP contribution in [0.25, 0.3) is 0 Å². The van der Waals surface area contributed by atoms with Gasteiger partial charge < -0.3 is 21.5 Å². The standard InChI is InChI=1S/C6H14N4O2/c1-10(6(8)9)3-2-4(7)5(11)12/h4H,2-3,7H2,1H3,(H3,8,9)(H,11,12)/t4-/m0/s1. The van der Waals surface area contributed by atoms with E-state index in [1.165, 1.54) is 4.90 Å². The Bertz CT molecular complexity index is 162. The smallest absolute Gasteiger partial charge is 0.320 e. The zero-order chi connectivity index (χ0) is 9.72. The van der Waals surface area contributed by atoms with E-state index < -0.39 is 12.0 Å². The summed E-state index contributed by atoms with van der Waals surface area (Å²) in [5, 5.41) is 15.4. The van der Waals surface area contributed by atoms with E-state index in [2.05, 4.69) is 0 Å². The van der Waals surface area contributed by atoms with Gasteiger partial charge in [-0.15, -0.1) is 0 Å². The summed E-state index contributed by atoms with van der Waals surface area (Å²) >= 11 is 0. The SMILES string of the molecule is CN(CC[C@H](N)C(=O)O)C(=N)N. The highest BCUT2D eigenvalue weighted by Gasteiger charge is 2.12. The van der Waals surface area contributed by atoms with Gasteiger partial charge in [0.1, 0.15) is 6.04 Å². The first kappa shape index (κ1) is 10.7. The largest absolute Gasteiger partial charge is 0.480 e.